The summed E-state index contributed by atoms with van der Waals surface area (Å²) in [5, 5.41) is 0. The van der Waals surface area contributed by atoms with Crippen LogP contribution in [0.1, 0.15) is 46.0 Å². The summed E-state index contributed by atoms with van der Waals surface area (Å²) in [5.41, 5.74) is 6.34. The molecule has 114 valence electrons. The van der Waals surface area contributed by atoms with E-state index in [9.17, 15) is 0 Å². The molecule has 0 radical (unpaired) electrons. The molecule has 0 aromatic heterocycles. The molecule has 0 aromatic rings. The molecule has 0 spiro atoms. The number of rotatable bonds is 9. The molecule has 0 aromatic carbocycles. The van der Waals surface area contributed by atoms with Gasteiger partial charge in [-0.15, -0.1) is 0 Å². The van der Waals surface area contributed by atoms with Gasteiger partial charge in [0.05, 0.1) is 0 Å². The van der Waals surface area contributed by atoms with Crippen LogP contribution in [0.4, 0.5) is 0 Å². The molecule has 1 unspecified atom stereocenters. The molecule has 1 aliphatic carbocycles. The first-order valence-corrected chi connectivity index (χ1v) is 7.95. The van der Waals surface area contributed by atoms with Gasteiger partial charge in [-0.2, -0.15) is 0 Å². The second-order valence-corrected chi connectivity index (χ2v) is 7.23. The highest BCUT2D eigenvalue weighted by atomic mass is 15.2. The van der Waals surface area contributed by atoms with Gasteiger partial charge in [-0.05, 0) is 78.2 Å². The van der Waals surface area contributed by atoms with Gasteiger partial charge in [0.15, 0.2) is 0 Å². The van der Waals surface area contributed by atoms with Crippen molar-refractivity contribution in [3.63, 3.8) is 0 Å². The summed E-state index contributed by atoms with van der Waals surface area (Å²) in [4.78, 5) is 4.95. The molecular formula is C16H35N3. The highest BCUT2D eigenvalue weighted by Gasteiger charge is 2.39. The molecule has 19 heavy (non-hydrogen) atoms. The van der Waals surface area contributed by atoms with Gasteiger partial charge in [0.25, 0.3) is 0 Å². The van der Waals surface area contributed by atoms with E-state index in [0.717, 1.165) is 12.5 Å². The Morgan fingerprint density at radius 3 is 2.16 bits per heavy atom. The van der Waals surface area contributed by atoms with Crippen molar-refractivity contribution in [3.8, 4) is 0 Å². The molecule has 0 bridgehead atoms. The van der Waals surface area contributed by atoms with Crippen LogP contribution in [0.5, 0.6) is 0 Å². The first-order chi connectivity index (χ1) is 8.89. The number of hydrogen-bond donors (Lipinski definition) is 1. The summed E-state index contributed by atoms with van der Waals surface area (Å²) in [5.74, 6) is 1.46. The topological polar surface area (TPSA) is 32.5 Å². The maximum Gasteiger partial charge on any atom is 0.0330 e. The molecule has 1 fully saturated rings. The van der Waals surface area contributed by atoms with Gasteiger partial charge in [-0.3, -0.25) is 0 Å². The average molecular weight is 269 g/mol. The van der Waals surface area contributed by atoms with Crippen molar-refractivity contribution in [1.82, 2.24) is 9.80 Å². The van der Waals surface area contributed by atoms with Crippen LogP contribution in [-0.4, -0.2) is 56.1 Å². The molecule has 3 nitrogen and oxygen atoms in total. The first kappa shape index (κ1) is 16.9. The fourth-order valence-corrected chi connectivity index (χ4v) is 3.31. The van der Waals surface area contributed by atoms with Crippen LogP contribution in [-0.2, 0) is 0 Å². The summed E-state index contributed by atoms with van der Waals surface area (Å²) in [6.07, 6.45) is 6.62. The lowest BCUT2D eigenvalue weighted by Crippen LogP contribution is -2.56. The molecule has 1 rings (SSSR count). The standard InChI is InChI=1S/C16H35N3/c1-14(2)11-15(12-17)7-10-19(5)13-16(18(3)4)8-6-9-16/h14-15H,6-13,17H2,1-5H3. The Hall–Kier alpha value is -0.120. The monoisotopic (exact) mass is 269 g/mol. The van der Waals surface area contributed by atoms with E-state index >= 15 is 0 Å². The van der Waals surface area contributed by atoms with E-state index in [-0.39, 0.29) is 0 Å². The third-order valence-electron chi connectivity index (χ3n) is 4.85. The second-order valence-electron chi connectivity index (χ2n) is 7.23. The van der Waals surface area contributed by atoms with Crippen molar-refractivity contribution < 1.29 is 0 Å². The third kappa shape index (κ3) is 5.05. The molecule has 0 amide bonds. The van der Waals surface area contributed by atoms with Crippen molar-refractivity contribution in [3.05, 3.63) is 0 Å². The molecule has 2 N–H and O–H groups in total. The van der Waals surface area contributed by atoms with Gasteiger partial charge in [0.2, 0.25) is 0 Å². The molecule has 0 aliphatic heterocycles. The zero-order valence-electron chi connectivity index (χ0n) is 13.8. The van der Waals surface area contributed by atoms with Gasteiger partial charge >= 0.3 is 0 Å². The molecule has 0 saturated heterocycles. The summed E-state index contributed by atoms with van der Waals surface area (Å²) < 4.78 is 0. The van der Waals surface area contributed by atoms with Gasteiger partial charge < -0.3 is 15.5 Å². The number of hydrogen-bond acceptors (Lipinski definition) is 3. The minimum absolute atomic E-state index is 0.449. The smallest absolute Gasteiger partial charge is 0.0330 e. The molecule has 1 atom stereocenters. The van der Waals surface area contributed by atoms with Crippen LogP contribution in [0, 0.1) is 11.8 Å². The molecular weight excluding hydrogens is 234 g/mol. The van der Waals surface area contributed by atoms with E-state index in [4.69, 9.17) is 5.73 Å². The Labute approximate surface area is 120 Å². The SMILES string of the molecule is CC(C)CC(CN)CCN(C)CC1(N(C)C)CCC1. The average Bonchev–Trinajstić information content (AvgIpc) is 2.28. The molecule has 3 heteroatoms. The normalized spacial score (nSPS) is 20.1. The number of nitrogens with two attached hydrogens (primary N) is 1. The predicted molar refractivity (Wildman–Crippen MR) is 84.4 cm³/mol. The Kier molecular flexibility index (Phi) is 6.78. The van der Waals surface area contributed by atoms with Crippen molar-refractivity contribution in [2.75, 3.05) is 40.8 Å². The number of likely N-dealkylation sites (N-methyl/N-ethyl adjacent to an activating group) is 2. The Morgan fingerprint density at radius 1 is 1.16 bits per heavy atom. The third-order valence-corrected chi connectivity index (χ3v) is 4.85. The molecule has 0 heterocycles. The highest BCUT2D eigenvalue weighted by molar-refractivity contribution is 4.97. The van der Waals surface area contributed by atoms with Crippen molar-refractivity contribution in [2.45, 2.75) is 51.5 Å². The zero-order valence-corrected chi connectivity index (χ0v) is 13.8. The lowest BCUT2D eigenvalue weighted by molar-refractivity contribution is 0.0265. The van der Waals surface area contributed by atoms with Gasteiger partial charge in [-0.1, -0.05) is 13.8 Å². The molecule has 1 saturated carbocycles. The van der Waals surface area contributed by atoms with E-state index in [1.165, 1.54) is 45.2 Å². The van der Waals surface area contributed by atoms with Crippen molar-refractivity contribution in [1.29, 1.82) is 0 Å². The fourth-order valence-electron chi connectivity index (χ4n) is 3.31. The highest BCUT2D eigenvalue weighted by Crippen LogP contribution is 2.36. The Morgan fingerprint density at radius 2 is 1.79 bits per heavy atom. The first-order valence-electron chi connectivity index (χ1n) is 7.95. The zero-order chi connectivity index (χ0) is 14.5. The largest absolute Gasteiger partial charge is 0.330 e. The van der Waals surface area contributed by atoms with Crippen LogP contribution in [0.2, 0.25) is 0 Å². The van der Waals surface area contributed by atoms with E-state index < -0.39 is 0 Å². The van der Waals surface area contributed by atoms with E-state index in [2.05, 4.69) is 44.8 Å². The van der Waals surface area contributed by atoms with Crippen LogP contribution < -0.4 is 5.73 Å². The summed E-state index contributed by atoms with van der Waals surface area (Å²) in [6, 6.07) is 0. The summed E-state index contributed by atoms with van der Waals surface area (Å²) in [6.45, 7) is 7.82. The minimum Gasteiger partial charge on any atom is -0.330 e. The Balaban J connectivity index is 2.32. The maximum absolute atomic E-state index is 5.89. The lowest BCUT2D eigenvalue weighted by Gasteiger charge is -2.49. The van der Waals surface area contributed by atoms with E-state index in [1.54, 1.807) is 0 Å². The maximum atomic E-state index is 5.89. The second kappa shape index (κ2) is 7.61. The van der Waals surface area contributed by atoms with Gasteiger partial charge in [0.1, 0.15) is 0 Å². The summed E-state index contributed by atoms with van der Waals surface area (Å²) in [7, 11) is 6.73. The van der Waals surface area contributed by atoms with Crippen LogP contribution in [0.3, 0.4) is 0 Å². The van der Waals surface area contributed by atoms with Crippen LogP contribution in [0.25, 0.3) is 0 Å². The predicted octanol–water partition coefficient (Wildman–Crippen LogP) is 2.41. The minimum atomic E-state index is 0.449. The van der Waals surface area contributed by atoms with E-state index in [0.29, 0.717) is 11.5 Å². The lowest BCUT2D eigenvalue weighted by atomic mass is 9.75. The van der Waals surface area contributed by atoms with Crippen LogP contribution in [0.15, 0.2) is 0 Å². The molecule has 1 aliphatic rings. The fraction of sp³-hybridized carbons (Fsp3) is 1.00. The van der Waals surface area contributed by atoms with Crippen LogP contribution >= 0.6 is 0 Å². The Bertz CT molecular complexity index is 246. The van der Waals surface area contributed by atoms with Gasteiger partial charge in [-0.25, -0.2) is 0 Å². The van der Waals surface area contributed by atoms with E-state index in [1.807, 2.05) is 0 Å². The quantitative estimate of drug-likeness (QED) is 0.698. The van der Waals surface area contributed by atoms with Crippen molar-refractivity contribution >= 4 is 0 Å². The van der Waals surface area contributed by atoms with Gasteiger partial charge in [0, 0.05) is 12.1 Å². The van der Waals surface area contributed by atoms with Crippen molar-refractivity contribution in [2.24, 2.45) is 17.6 Å². The number of nitrogens with zero attached hydrogens (tertiary/aromatic N) is 2. The summed E-state index contributed by atoms with van der Waals surface area (Å²) >= 11 is 0.